The van der Waals surface area contributed by atoms with Crippen LogP contribution in [0.25, 0.3) is 0 Å². The molecule has 1 aliphatic heterocycles. The Bertz CT molecular complexity index is 651. The van der Waals surface area contributed by atoms with Crippen LogP contribution in [0, 0.1) is 0 Å². The van der Waals surface area contributed by atoms with Gasteiger partial charge in [0.15, 0.2) is 0 Å². The lowest BCUT2D eigenvalue weighted by atomic mass is 10.1. The van der Waals surface area contributed by atoms with E-state index in [4.69, 9.17) is 0 Å². The van der Waals surface area contributed by atoms with E-state index in [1.807, 2.05) is 0 Å². The molecule has 0 bridgehead atoms. The van der Waals surface area contributed by atoms with Gasteiger partial charge in [0.05, 0.1) is 0 Å². The normalized spacial score (nSPS) is 13.1. The number of hydrogen-bond acceptors (Lipinski definition) is 2. The molecule has 3 heteroatoms. The Labute approximate surface area is 125 Å². The van der Waals surface area contributed by atoms with Crippen molar-refractivity contribution in [3.8, 4) is 0 Å². The van der Waals surface area contributed by atoms with Crippen LogP contribution < -0.4 is 10.2 Å². The van der Waals surface area contributed by atoms with Crippen LogP contribution in [-0.4, -0.2) is 19.0 Å². The zero-order chi connectivity index (χ0) is 14.7. The average Bonchev–Trinajstić information content (AvgIpc) is 2.91. The highest BCUT2D eigenvalue weighted by molar-refractivity contribution is 5.73. The van der Waals surface area contributed by atoms with Crippen molar-refractivity contribution in [1.82, 2.24) is 5.32 Å². The Morgan fingerprint density at radius 1 is 1.10 bits per heavy atom. The number of nitrogens with zero attached hydrogens (tertiary/aromatic N) is 1. The molecule has 0 saturated heterocycles. The quantitative estimate of drug-likeness (QED) is 0.933. The number of carbonyl (C=O) groups is 1. The van der Waals surface area contributed by atoms with E-state index < -0.39 is 0 Å². The minimum Gasteiger partial charge on any atom is -0.356 e. The second-order valence-corrected chi connectivity index (χ2v) is 5.39. The topological polar surface area (TPSA) is 32.3 Å². The van der Waals surface area contributed by atoms with Gasteiger partial charge in [-0.25, -0.2) is 0 Å². The molecule has 0 fully saturated rings. The van der Waals surface area contributed by atoms with Gasteiger partial charge in [-0.1, -0.05) is 36.4 Å². The van der Waals surface area contributed by atoms with Crippen molar-refractivity contribution < 1.29 is 4.79 Å². The molecule has 0 spiro atoms. The highest BCUT2D eigenvalue weighted by Crippen LogP contribution is 2.36. The summed E-state index contributed by atoms with van der Waals surface area (Å²) in [4.78, 5) is 13.4. The number of rotatable bonds is 4. The molecular formula is C18H20N2O. The van der Waals surface area contributed by atoms with Gasteiger partial charge in [-0.05, 0) is 36.1 Å². The molecule has 1 amide bonds. The molecule has 1 heterocycles. The van der Waals surface area contributed by atoms with Crippen LogP contribution >= 0.6 is 0 Å². The van der Waals surface area contributed by atoms with E-state index >= 15 is 0 Å². The summed E-state index contributed by atoms with van der Waals surface area (Å²) < 4.78 is 0. The third-order valence-electron chi connectivity index (χ3n) is 3.94. The molecule has 2 aromatic rings. The van der Waals surface area contributed by atoms with Gasteiger partial charge in [-0.2, -0.15) is 0 Å². The number of amides is 1. The first-order valence-electron chi connectivity index (χ1n) is 7.43. The van der Waals surface area contributed by atoms with Gasteiger partial charge in [0.25, 0.3) is 0 Å². The minimum absolute atomic E-state index is 0.0269. The standard InChI is InChI=1S/C18H20N2O/c1-14(21)19-12-10-15-6-2-4-8-17(15)20-13-11-16-7-3-5-9-18(16)20/h2-9H,10-13H2,1H3,(H,19,21). The highest BCUT2D eigenvalue weighted by Gasteiger charge is 2.21. The maximum absolute atomic E-state index is 11.0. The van der Waals surface area contributed by atoms with Crippen LogP contribution in [0.3, 0.4) is 0 Å². The molecule has 3 nitrogen and oxygen atoms in total. The average molecular weight is 280 g/mol. The van der Waals surface area contributed by atoms with E-state index in [1.165, 1.54) is 22.5 Å². The molecule has 2 aromatic carbocycles. The zero-order valence-corrected chi connectivity index (χ0v) is 12.3. The van der Waals surface area contributed by atoms with Crippen molar-refractivity contribution in [2.24, 2.45) is 0 Å². The summed E-state index contributed by atoms with van der Waals surface area (Å²) in [6.45, 7) is 3.26. The minimum atomic E-state index is 0.0269. The van der Waals surface area contributed by atoms with Crippen LogP contribution in [0.2, 0.25) is 0 Å². The Kier molecular flexibility index (Phi) is 3.91. The van der Waals surface area contributed by atoms with Crippen LogP contribution in [0.4, 0.5) is 11.4 Å². The van der Waals surface area contributed by atoms with Crippen molar-refractivity contribution in [2.75, 3.05) is 18.0 Å². The molecule has 0 radical (unpaired) electrons. The van der Waals surface area contributed by atoms with Gasteiger partial charge in [-0.3, -0.25) is 4.79 Å². The van der Waals surface area contributed by atoms with Gasteiger partial charge in [-0.15, -0.1) is 0 Å². The van der Waals surface area contributed by atoms with E-state index in [0.717, 1.165) is 19.4 Å². The Morgan fingerprint density at radius 3 is 2.62 bits per heavy atom. The number of carbonyl (C=O) groups excluding carboxylic acids is 1. The Balaban J connectivity index is 1.84. The predicted octanol–water partition coefficient (Wildman–Crippen LogP) is 3.06. The molecule has 21 heavy (non-hydrogen) atoms. The fourth-order valence-corrected chi connectivity index (χ4v) is 2.95. The molecule has 0 aliphatic carbocycles. The first-order valence-corrected chi connectivity index (χ1v) is 7.43. The molecule has 0 atom stereocenters. The highest BCUT2D eigenvalue weighted by atomic mass is 16.1. The van der Waals surface area contributed by atoms with Crippen molar-refractivity contribution in [3.63, 3.8) is 0 Å². The molecule has 1 aliphatic rings. The van der Waals surface area contributed by atoms with Crippen molar-refractivity contribution in [2.45, 2.75) is 19.8 Å². The van der Waals surface area contributed by atoms with E-state index in [2.05, 4.69) is 58.7 Å². The maximum Gasteiger partial charge on any atom is 0.216 e. The lowest BCUT2D eigenvalue weighted by Gasteiger charge is -2.23. The second kappa shape index (κ2) is 6.00. The maximum atomic E-state index is 11.0. The van der Waals surface area contributed by atoms with Gasteiger partial charge in [0, 0.05) is 31.4 Å². The summed E-state index contributed by atoms with van der Waals surface area (Å²) in [6, 6.07) is 17.1. The lowest BCUT2D eigenvalue weighted by Crippen LogP contribution is -2.23. The first-order chi connectivity index (χ1) is 10.3. The molecule has 108 valence electrons. The summed E-state index contributed by atoms with van der Waals surface area (Å²) in [5, 5.41) is 2.87. The summed E-state index contributed by atoms with van der Waals surface area (Å²) in [7, 11) is 0. The fourth-order valence-electron chi connectivity index (χ4n) is 2.95. The molecule has 0 aromatic heterocycles. The van der Waals surface area contributed by atoms with Crippen molar-refractivity contribution in [3.05, 3.63) is 59.7 Å². The van der Waals surface area contributed by atoms with Crippen LogP contribution in [-0.2, 0) is 17.6 Å². The summed E-state index contributed by atoms with van der Waals surface area (Å²) in [5.41, 5.74) is 5.26. The molecule has 3 rings (SSSR count). The summed E-state index contributed by atoms with van der Waals surface area (Å²) >= 11 is 0. The van der Waals surface area contributed by atoms with Crippen molar-refractivity contribution in [1.29, 1.82) is 0 Å². The SMILES string of the molecule is CC(=O)NCCc1ccccc1N1CCc2ccccc21. The Morgan fingerprint density at radius 2 is 1.81 bits per heavy atom. The molecule has 1 N–H and O–H groups in total. The first kappa shape index (κ1) is 13.7. The van der Waals surface area contributed by atoms with E-state index in [9.17, 15) is 4.79 Å². The largest absolute Gasteiger partial charge is 0.356 e. The number of benzene rings is 2. The van der Waals surface area contributed by atoms with Crippen LogP contribution in [0.5, 0.6) is 0 Å². The van der Waals surface area contributed by atoms with Gasteiger partial charge in [0.2, 0.25) is 5.91 Å². The fraction of sp³-hybridized carbons (Fsp3) is 0.278. The van der Waals surface area contributed by atoms with Gasteiger partial charge >= 0.3 is 0 Å². The third kappa shape index (κ3) is 2.92. The molecule has 0 saturated carbocycles. The van der Waals surface area contributed by atoms with Gasteiger partial charge < -0.3 is 10.2 Å². The van der Waals surface area contributed by atoms with E-state index in [1.54, 1.807) is 6.92 Å². The van der Waals surface area contributed by atoms with E-state index in [-0.39, 0.29) is 5.91 Å². The Hall–Kier alpha value is -2.29. The van der Waals surface area contributed by atoms with Crippen LogP contribution in [0.1, 0.15) is 18.1 Å². The smallest absolute Gasteiger partial charge is 0.216 e. The molecular weight excluding hydrogens is 260 g/mol. The summed E-state index contributed by atoms with van der Waals surface area (Å²) in [5.74, 6) is 0.0269. The van der Waals surface area contributed by atoms with Gasteiger partial charge in [0.1, 0.15) is 0 Å². The zero-order valence-electron chi connectivity index (χ0n) is 12.3. The second-order valence-electron chi connectivity index (χ2n) is 5.39. The van der Waals surface area contributed by atoms with Crippen LogP contribution in [0.15, 0.2) is 48.5 Å². The number of anilines is 2. The number of hydrogen-bond donors (Lipinski definition) is 1. The third-order valence-corrected chi connectivity index (χ3v) is 3.94. The number of para-hydroxylation sites is 2. The van der Waals surface area contributed by atoms with Crippen molar-refractivity contribution >= 4 is 17.3 Å². The summed E-state index contributed by atoms with van der Waals surface area (Å²) in [6.07, 6.45) is 1.95. The lowest BCUT2D eigenvalue weighted by molar-refractivity contribution is -0.118. The predicted molar refractivity (Wildman–Crippen MR) is 86.0 cm³/mol. The molecule has 0 unspecified atom stereocenters. The number of nitrogens with one attached hydrogen (secondary N) is 1. The van der Waals surface area contributed by atoms with E-state index in [0.29, 0.717) is 6.54 Å². The monoisotopic (exact) mass is 280 g/mol. The number of fused-ring (bicyclic) bond motifs is 1.